The highest BCUT2D eigenvalue weighted by Crippen LogP contribution is 2.63. The SMILES string of the molecule is CC1(C)O[C@H]2O[C@H]3[C@H](O[P@](=O)(N(CCCl)CCCl)O[C@H]3c3ccc(Cl)cc3)[C@H]2O1. The molecular formula is C18H23Cl3NO6P. The molecule has 0 spiro atoms. The fraction of sp³-hybridized carbons (Fsp3) is 0.667. The fourth-order valence-corrected chi connectivity index (χ4v) is 6.69. The van der Waals surface area contributed by atoms with Gasteiger partial charge in [-0.3, -0.25) is 9.05 Å². The maximum Gasteiger partial charge on any atom is 0.409 e. The van der Waals surface area contributed by atoms with E-state index in [9.17, 15) is 4.57 Å². The first-order chi connectivity index (χ1) is 13.8. The van der Waals surface area contributed by atoms with Gasteiger partial charge in [0, 0.05) is 29.9 Å². The van der Waals surface area contributed by atoms with Crippen molar-refractivity contribution in [1.29, 1.82) is 0 Å². The van der Waals surface area contributed by atoms with Crippen LogP contribution >= 0.6 is 42.5 Å². The summed E-state index contributed by atoms with van der Waals surface area (Å²) in [5.74, 6) is -0.321. The Balaban J connectivity index is 1.69. The Morgan fingerprint density at radius 1 is 1.00 bits per heavy atom. The zero-order valence-corrected chi connectivity index (χ0v) is 19.2. The van der Waals surface area contributed by atoms with E-state index in [1.54, 1.807) is 30.7 Å². The van der Waals surface area contributed by atoms with Gasteiger partial charge in [0.15, 0.2) is 12.1 Å². The molecule has 3 aliphatic rings. The van der Waals surface area contributed by atoms with Crippen molar-refractivity contribution in [2.75, 3.05) is 24.8 Å². The van der Waals surface area contributed by atoms with Crippen LogP contribution in [0.4, 0.5) is 0 Å². The molecule has 0 aromatic heterocycles. The molecule has 4 rings (SSSR count). The van der Waals surface area contributed by atoms with Crippen molar-refractivity contribution in [2.45, 2.75) is 50.3 Å². The van der Waals surface area contributed by atoms with E-state index in [0.29, 0.717) is 18.1 Å². The van der Waals surface area contributed by atoms with E-state index in [1.807, 2.05) is 12.1 Å². The maximum atomic E-state index is 13.8. The van der Waals surface area contributed by atoms with E-state index in [2.05, 4.69) is 0 Å². The molecule has 29 heavy (non-hydrogen) atoms. The number of hydrogen-bond acceptors (Lipinski definition) is 6. The van der Waals surface area contributed by atoms with E-state index >= 15 is 0 Å². The van der Waals surface area contributed by atoms with E-state index < -0.39 is 44.2 Å². The third-order valence-electron chi connectivity index (χ3n) is 5.06. The number of nitrogens with zero attached hydrogens (tertiary/aromatic N) is 1. The Labute approximate surface area is 185 Å². The second kappa shape index (κ2) is 8.55. The van der Waals surface area contributed by atoms with Crippen LogP contribution in [-0.2, 0) is 27.8 Å². The summed E-state index contributed by atoms with van der Waals surface area (Å²) in [6, 6.07) is 7.13. The van der Waals surface area contributed by atoms with E-state index in [0.717, 1.165) is 5.56 Å². The van der Waals surface area contributed by atoms with Crippen molar-refractivity contribution >= 4 is 42.5 Å². The lowest BCUT2D eigenvalue weighted by Gasteiger charge is -2.42. The number of rotatable bonds is 6. The summed E-state index contributed by atoms with van der Waals surface area (Å²) in [4.78, 5) is 0. The van der Waals surface area contributed by atoms with Crippen LogP contribution in [0.3, 0.4) is 0 Å². The molecule has 1 aromatic rings. The van der Waals surface area contributed by atoms with Gasteiger partial charge < -0.3 is 14.2 Å². The van der Waals surface area contributed by atoms with E-state index in [1.165, 1.54) is 0 Å². The second-order valence-electron chi connectivity index (χ2n) is 7.52. The quantitative estimate of drug-likeness (QED) is 0.431. The molecule has 11 heteroatoms. The Hall–Kier alpha value is 0.0800. The molecule has 0 amide bonds. The Morgan fingerprint density at radius 2 is 1.66 bits per heavy atom. The maximum absolute atomic E-state index is 13.8. The number of hydrogen-bond donors (Lipinski definition) is 0. The lowest BCUT2D eigenvalue weighted by Crippen LogP contribution is -2.45. The molecule has 6 atom stereocenters. The fourth-order valence-electron chi connectivity index (χ4n) is 3.84. The Bertz CT molecular complexity index is 775. The van der Waals surface area contributed by atoms with Gasteiger partial charge in [0.25, 0.3) is 0 Å². The molecule has 7 nitrogen and oxygen atoms in total. The number of alkyl halides is 2. The minimum absolute atomic E-state index is 0.252. The van der Waals surface area contributed by atoms with Gasteiger partial charge in [0.2, 0.25) is 0 Å². The van der Waals surface area contributed by atoms with E-state index in [4.69, 9.17) is 58.1 Å². The minimum Gasteiger partial charge on any atom is -0.341 e. The molecular weight excluding hydrogens is 464 g/mol. The molecule has 3 heterocycles. The smallest absolute Gasteiger partial charge is 0.341 e. The van der Waals surface area contributed by atoms with Gasteiger partial charge in [-0.2, -0.15) is 0 Å². The average molecular weight is 487 g/mol. The number of fused-ring (bicyclic) bond motifs is 3. The molecule has 0 aliphatic carbocycles. The van der Waals surface area contributed by atoms with Crippen LogP contribution in [-0.4, -0.2) is 59.9 Å². The molecule has 0 radical (unpaired) electrons. The second-order valence-corrected chi connectivity index (χ2v) is 10.6. The van der Waals surface area contributed by atoms with Gasteiger partial charge in [0.05, 0.1) is 0 Å². The predicted molar refractivity (Wildman–Crippen MR) is 109 cm³/mol. The van der Waals surface area contributed by atoms with Gasteiger partial charge in [-0.25, -0.2) is 9.24 Å². The van der Waals surface area contributed by atoms with Crippen LogP contribution in [0.5, 0.6) is 0 Å². The molecule has 3 fully saturated rings. The van der Waals surface area contributed by atoms with Gasteiger partial charge in [0.1, 0.15) is 24.4 Å². The third kappa shape index (κ3) is 4.37. The summed E-state index contributed by atoms with van der Waals surface area (Å²) in [5, 5.41) is 0.587. The van der Waals surface area contributed by atoms with E-state index in [-0.39, 0.29) is 11.8 Å². The number of halogens is 3. The highest BCUT2D eigenvalue weighted by molar-refractivity contribution is 7.51. The van der Waals surface area contributed by atoms with Crippen molar-refractivity contribution in [3.8, 4) is 0 Å². The largest absolute Gasteiger partial charge is 0.409 e. The number of benzene rings is 1. The monoisotopic (exact) mass is 485 g/mol. The van der Waals surface area contributed by atoms with Crippen LogP contribution in [0.2, 0.25) is 5.02 Å². The normalized spacial score (nSPS) is 38.2. The Kier molecular flexibility index (Phi) is 6.57. The van der Waals surface area contributed by atoms with Gasteiger partial charge in [-0.1, -0.05) is 23.7 Å². The van der Waals surface area contributed by atoms with Crippen LogP contribution in [0.15, 0.2) is 24.3 Å². The summed E-state index contributed by atoms with van der Waals surface area (Å²) in [6.07, 6.45) is -3.03. The van der Waals surface area contributed by atoms with Crippen LogP contribution < -0.4 is 0 Å². The summed E-state index contributed by atoms with van der Waals surface area (Å²) in [6.45, 7) is 4.20. The van der Waals surface area contributed by atoms with Crippen LogP contribution in [0, 0.1) is 0 Å². The molecule has 0 bridgehead atoms. The average Bonchev–Trinajstić information content (AvgIpc) is 3.14. The van der Waals surface area contributed by atoms with Crippen LogP contribution in [0.1, 0.15) is 25.5 Å². The van der Waals surface area contributed by atoms with Crippen molar-refractivity contribution in [3.05, 3.63) is 34.9 Å². The number of ether oxygens (including phenoxy) is 3. The van der Waals surface area contributed by atoms with Crippen LogP contribution in [0.25, 0.3) is 0 Å². The lowest BCUT2D eigenvalue weighted by atomic mass is 9.99. The standard InChI is InChI=1S/C18H23Cl3NO6P/c1-18(2)25-16-15-14(24-17(16)26-18)13(11-3-5-12(21)6-4-11)27-29(23,28-15)22(9-7-19)10-8-20/h3-6,13-17H,7-10H2,1-2H3/t13-,14+,15-,16+,17+,29-/m0/s1. The summed E-state index contributed by atoms with van der Waals surface area (Å²) in [7, 11) is -3.74. The minimum atomic E-state index is -3.74. The molecule has 0 saturated carbocycles. The summed E-state index contributed by atoms with van der Waals surface area (Å²) < 4.78 is 45.4. The first-order valence-corrected chi connectivity index (χ1v) is 12.3. The predicted octanol–water partition coefficient (Wildman–Crippen LogP) is 4.56. The first-order valence-electron chi connectivity index (χ1n) is 9.37. The van der Waals surface area contributed by atoms with Crippen molar-refractivity contribution in [2.24, 2.45) is 0 Å². The summed E-state index contributed by atoms with van der Waals surface area (Å²) >= 11 is 17.9. The van der Waals surface area contributed by atoms with Crippen molar-refractivity contribution in [3.63, 3.8) is 0 Å². The molecule has 162 valence electrons. The van der Waals surface area contributed by atoms with Gasteiger partial charge >= 0.3 is 7.75 Å². The van der Waals surface area contributed by atoms with Gasteiger partial charge in [-0.05, 0) is 31.5 Å². The highest BCUT2D eigenvalue weighted by Gasteiger charge is 2.63. The summed E-state index contributed by atoms with van der Waals surface area (Å²) in [5.41, 5.74) is 0.767. The lowest BCUT2D eigenvalue weighted by molar-refractivity contribution is -0.230. The molecule has 3 saturated heterocycles. The zero-order valence-electron chi connectivity index (χ0n) is 16.0. The molecule has 0 unspecified atom stereocenters. The highest BCUT2D eigenvalue weighted by atomic mass is 35.5. The Morgan fingerprint density at radius 3 is 2.28 bits per heavy atom. The van der Waals surface area contributed by atoms with Gasteiger partial charge in [-0.15, -0.1) is 23.2 Å². The molecule has 1 aromatic carbocycles. The molecule has 0 N–H and O–H groups in total. The van der Waals surface area contributed by atoms with Crippen molar-refractivity contribution < 1.29 is 27.8 Å². The zero-order chi connectivity index (χ0) is 20.8. The topological polar surface area (TPSA) is 66.5 Å². The van der Waals surface area contributed by atoms with Crippen molar-refractivity contribution in [1.82, 2.24) is 4.67 Å². The first kappa shape index (κ1) is 22.3. The molecule has 3 aliphatic heterocycles. The third-order valence-corrected chi connectivity index (χ3v) is 7.74.